The first kappa shape index (κ1) is 19.5. The Hall–Kier alpha value is -3.85. The molecule has 0 saturated carbocycles. The van der Waals surface area contributed by atoms with Crippen molar-refractivity contribution in [3.8, 4) is 23.8 Å². The van der Waals surface area contributed by atoms with Crippen LogP contribution in [-0.4, -0.2) is 41.4 Å². The van der Waals surface area contributed by atoms with Gasteiger partial charge >= 0.3 is 0 Å². The Kier molecular flexibility index (Phi) is 5.36. The van der Waals surface area contributed by atoms with Crippen LogP contribution in [0.3, 0.4) is 0 Å². The molecular formula is C21H21N7O2. The van der Waals surface area contributed by atoms with Gasteiger partial charge in [0.05, 0.1) is 12.0 Å². The highest BCUT2D eigenvalue weighted by Crippen LogP contribution is 2.30. The Morgan fingerprint density at radius 3 is 2.40 bits per heavy atom. The Morgan fingerprint density at radius 1 is 1.03 bits per heavy atom. The smallest absolute Gasteiger partial charge is 0.266 e. The van der Waals surface area contributed by atoms with Crippen LogP contribution in [0.5, 0.6) is 0 Å². The van der Waals surface area contributed by atoms with E-state index in [9.17, 15) is 10.5 Å². The second-order valence-electron chi connectivity index (χ2n) is 6.88. The molecule has 0 aliphatic carbocycles. The average Bonchev–Trinajstić information content (AvgIpc) is 3.47. The summed E-state index contributed by atoms with van der Waals surface area (Å²) in [6.07, 6.45) is 3.03. The molecule has 1 fully saturated rings. The van der Waals surface area contributed by atoms with Crippen molar-refractivity contribution in [2.24, 2.45) is 0 Å². The highest BCUT2D eigenvalue weighted by atomic mass is 16.4. The number of oxazole rings is 1. The first-order chi connectivity index (χ1) is 14.7. The molecule has 30 heavy (non-hydrogen) atoms. The number of aromatic nitrogens is 3. The van der Waals surface area contributed by atoms with Crippen molar-refractivity contribution >= 4 is 11.7 Å². The first-order valence-corrected chi connectivity index (χ1v) is 9.93. The molecule has 0 atom stereocenters. The zero-order valence-electron chi connectivity index (χ0n) is 16.9. The van der Waals surface area contributed by atoms with Gasteiger partial charge in [-0.3, -0.25) is 0 Å². The van der Waals surface area contributed by atoms with Gasteiger partial charge in [-0.15, -0.1) is 5.10 Å². The SMILES string of the molecule is CCc1nnc(N2CCN(c3oc(-c4ccco4)nc3C#N)CC2)c(C#N)c1CC. The third kappa shape index (κ3) is 3.35. The van der Waals surface area contributed by atoms with Crippen molar-refractivity contribution < 1.29 is 8.83 Å². The van der Waals surface area contributed by atoms with Crippen LogP contribution in [0.15, 0.2) is 27.2 Å². The fourth-order valence-electron chi connectivity index (χ4n) is 3.73. The Morgan fingerprint density at radius 2 is 1.80 bits per heavy atom. The van der Waals surface area contributed by atoms with E-state index in [1.54, 1.807) is 12.1 Å². The van der Waals surface area contributed by atoms with Gasteiger partial charge in [-0.25, -0.2) is 0 Å². The van der Waals surface area contributed by atoms with Crippen molar-refractivity contribution in [2.75, 3.05) is 36.0 Å². The van der Waals surface area contributed by atoms with Gasteiger partial charge in [0.1, 0.15) is 17.7 Å². The van der Waals surface area contributed by atoms with Crippen molar-refractivity contribution in [1.29, 1.82) is 10.5 Å². The lowest BCUT2D eigenvalue weighted by Gasteiger charge is -2.35. The number of furan rings is 1. The molecule has 0 aromatic carbocycles. The van der Waals surface area contributed by atoms with Crippen molar-refractivity contribution in [1.82, 2.24) is 15.2 Å². The summed E-state index contributed by atoms with van der Waals surface area (Å²) in [6, 6.07) is 7.90. The normalized spacial score (nSPS) is 13.9. The largest absolute Gasteiger partial charge is 0.459 e. The standard InChI is InChI=1S/C21H21N7O2/c1-3-14-15(12-22)19(26-25-16(14)4-2)27-7-9-28(10-8-27)21-17(13-23)24-20(30-21)18-6-5-11-29-18/h5-6,11H,3-4,7-10H2,1-2H3. The van der Waals surface area contributed by atoms with E-state index >= 15 is 0 Å². The molecule has 4 rings (SSSR count). The van der Waals surface area contributed by atoms with Gasteiger partial charge in [-0.2, -0.15) is 20.6 Å². The maximum absolute atomic E-state index is 9.75. The van der Waals surface area contributed by atoms with E-state index in [4.69, 9.17) is 8.83 Å². The fraction of sp³-hybridized carbons (Fsp3) is 0.381. The molecule has 0 bridgehead atoms. The highest BCUT2D eigenvalue weighted by Gasteiger charge is 2.28. The summed E-state index contributed by atoms with van der Waals surface area (Å²) < 4.78 is 11.2. The van der Waals surface area contributed by atoms with Crippen LogP contribution in [0.4, 0.5) is 11.7 Å². The number of hydrogen-bond donors (Lipinski definition) is 0. The summed E-state index contributed by atoms with van der Waals surface area (Å²) >= 11 is 0. The maximum Gasteiger partial charge on any atom is 0.266 e. The molecule has 4 heterocycles. The minimum absolute atomic E-state index is 0.230. The molecule has 9 nitrogen and oxygen atoms in total. The number of piperazine rings is 1. The zero-order chi connectivity index (χ0) is 21.1. The summed E-state index contributed by atoms with van der Waals surface area (Å²) in [7, 11) is 0. The van der Waals surface area contributed by atoms with Gasteiger partial charge < -0.3 is 18.6 Å². The molecule has 0 spiro atoms. The van der Waals surface area contributed by atoms with E-state index in [0.29, 0.717) is 49.2 Å². The minimum Gasteiger partial charge on any atom is -0.459 e. The van der Waals surface area contributed by atoms with E-state index in [-0.39, 0.29) is 11.6 Å². The molecule has 1 aliphatic rings. The minimum atomic E-state index is 0.230. The molecule has 3 aromatic heterocycles. The van der Waals surface area contributed by atoms with E-state index in [2.05, 4.69) is 32.2 Å². The van der Waals surface area contributed by atoms with Crippen LogP contribution in [0, 0.1) is 22.7 Å². The quantitative estimate of drug-likeness (QED) is 0.633. The zero-order valence-corrected chi connectivity index (χ0v) is 16.9. The predicted octanol–water partition coefficient (Wildman–Crippen LogP) is 2.92. The average molecular weight is 403 g/mol. The molecule has 9 heteroatoms. The number of nitrogens with zero attached hydrogens (tertiary/aromatic N) is 7. The van der Waals surface area contributed by atoms with Crippen LogP contribution < -0.4 is 9.80 Å². The summed E-state index contributed by atoms with van der Waals surface area (Å²) in [6.45, 7) is 6.50. The third-order valence-electron chi connectivity index (χ3n) is 5.25. The van der Waals surface area contributed by atoms with Gasteiger partial charge in [0, 0.05) is 26.2 Å². The van der Waals surface area contributed by atoms with E-state index in [0.717, 1.165) is 24.1 Å². The molecule has 3 aromatic rings. The Balaban J connectivity index is 1.56. The first-order valence-electron chi connectivity index (χ1n) is 9.93. The van der Waals surface area contributed by atoms with E-state index < -0.39 is 0 Å². The second kappa shape index (κ2) is 8.26. The molecule has 0 unspecified atom stereocenters. The number of aryl methyl sites for hydroxylation is 1. The number of anilines is 2. The van der Waals surface area contributed by atoms with Crippen LogP contribution in [-0.2, 0) is 12.8 Å². The number of rotatable bonds is 5. The lowest BCUT2D eigenvalue weighted by Crippen LogP contribution is -2.47. The van der Waals surface area contributed by atoms with Crippen molar-refractivity contribution in [3.63, 3.8) is 0 Å². The van der Waals surface area contributed by atoms with Gasteiger partial charge in [0.15, 0.2) is 11.6 Å². The molecule has 0 radical (unpaired) electrons. The van der Waals surface area contributed by atoms with Gasteiger partial charge in [0.2, 0.25) is 11.6 Å². The van der Waals surface area contributed by atoms with Gasteiger partial charge in [-0.05, 0) is 30.5 Å². The molecule has 1 aliphatic heterocycles. The van der Waals surface area contributed by atoms with Gasteiger partial charge in [-0.1, -0.05) is 13.8 Å². The summed E-state index contributed by atoms with van der Waals surface area (Å²) in [4.78, 5) is 8.30. The number of nitriles is 2. The van der Waals surface area contributed by atoms with E-state index in [1.165, 1.54) is 6.26 Å². The molecular weight excluding hydrogens is 382 g/mol. The van der Waals surface area contributed by atoms with Crippen LogP contribution in [0.1, 0.15) is 36.4 Å². The van der Waals surface area contributed by atoms with Gasteiger partial charge in [0.25, 0.3) is 5.89 Å². The number of hydrogen-bond acceptors (Lipinski definition) is 9. The molecule has 0 amide bonds. The third-order valence-corrected chi connectivity index (χ3v) is 5.25. The molecule has 0 N–H and O–H groups in total. The van der Waals surface area contributed by atoms with Crippen LogP contribution in [0.2, 0.25) is 0 Å². The molecule has 1 saturated heterocycles. The van der Waals surface area contributed by atoms with Crippen LogP contribution in [0.25, 0.3) is 11.7 Å². The highest BCUT2D eigenvalue weighted by molar-refractivity contribution is 5.60. The van der Waals surface area contributed by atoms with Crippen molar-refractivity contribution in [3.05, 3.63) is 40.9 Å². The lowest BCUT2D eigenvalue weighted by molar-refractivity contribution is 0.500. The Labute approximate surface area is 174 Å². The monoisotopic (exact) mass is 403 g/mol. The summed E-state index contributed by atoms with van der Waals surface area (Å²) in [5, 5.41) is 27.9. The summed E-state index contributed by atoms with van der Waals surface area (Å²) in [5.41, 5.74) is 2.68. The fourth-order valence-corrected chi connectivity index (χ4v) is 3.73. The summed E-state index contributed by atoms with van der Waals surface area (Å²) in [5.74, 6) is 1.83. The Bertz CT molecular complexity index is 1110. The molecule has 152 valence electrons. The second-order valence-corrected chi connectivity index (χ2v) is 6.88. The van der Waals surface area contributed by atoms with E-state index in [1.807, 2.05) is 18.7 Å². The topological polar surface area (TPSA) is 119 Å². The van der Waals surface area contributed by atoms with Crippen LogP contribution >= 0.6 is 0 Å². The predicted molar refractivity (Wildman–Crippen MR) is 109 cm³/mol. The lowest BCUT2D eigenvalue weighted by atomic mass is 10.0. The van der Waals surface area contributed by atoms with Crippen molar-refractivity contribution in [2.45, 2.75) is 26.7 Å². The maximum atomic E-state index is 9.75.